The highest BCUT2D eigenvalue weighted by Crippen LogP contribution is 2.29. The minimum atomic E-state index is 0.301. The Morgan fingerprint density at radius 2 is 1.87 bits per heavy atom. The van der Waals surface area contributed by atoms with Gasteiger partial charge in [0.15, 0.2) is 6.20 Å². The van der Waals surface area contributed by atoms with Gasteiger partial charge in [-0.15, -0.1) is 0 Å². The third-order valence-corrected chi connectivity index (χ3v) is 4.23. The zero-order valence-electron chi connectivity index (χ0n) is 14.7. The summed E-state index contributed by atoms with van der Waals surface area (Å²) in [5.41, 5.74) is 5.38. The smallest absolute Gasteiger partial charge is 0.221 e. The van der Waals surface area contributed by atoms with Gasteiger partial charge in [0.1, 0.15) is 7.05 Å². The van der Waals surface area contributed by atoms with Gasteiger partial charge in [0.05, 0.1) is 10.9 Å². The molecule has 1 aromatic carbocycles. The summed E-state index contributed by atoms with van der Waals surface area (Å²) in [6.07, 6.45) is 7.05. The van der Waals surface area contributed by atoms with E-state index in [2.05, 4.69) is 80.8 Å². The van der Waals surface area contributed by atoms with E-state index >= 15 is 0 Å². The molecule has 0 radical (unpaired) electrons. The van der Waals surface area contributed by atoms with Crippen LogP contribution in [-0.2, 0) is 13.5 Å². The van der Waals surface area contributed by atoms with Crippen molar-refractivity contribution in [2.45, 2.75) is 34.1 Å². The molecule has 118 valence electrons. The van der Waals surface area contributed by atoms with Crippen LogP contribution in [-0.4, -0.2) is 4.98 Å². The Morgan fingerprint density at radius 1 is 1.09 bits per heavy atom. The Bertz CT molecular complexity index is 857. The maximum atomic E-state index is 4.32. The van der Waals surface area contributed by atoms with Crippen molar-refractivity contribution in [3.63, 3.8) is 0 Å². The molecule has 0 saturated heterocycles. The number of benzene rings is 1. The van der Waals surface area contributed by atoms with Crippen molar-refractivity contribution < 1.29 is 4.57 Å². The van der Waals surface area contributed by atoms with Gasteiger partial charge in [-0.25, -0.2) is 4.57 Å². The Morgan fingerprint density at radius 3 is 2.57 bits per heavy atom. The van der Waals surface area contributed by atoms with Crippen LogP contribution in [0.4, 0.5) is 0 Å². The minimum Gasteiger partial charge on any atom is -0.264 e. The molecular weight excluding hydrogens is 280 g/mol. The van der Waals surface area contributed by atoms with E-state index in [9.17, 15) is 0 Å². The third-order valence-electron chi connectivity index (χ3n) is 4.23. The SMILES string of the molecule is Cc1ccncc1-c1c2ccc(CC(C)(C)C)cc2cc[n+]1C. The maximum Gasteiger partial charge on any atom is 0.221 e. The second kappa shape index (κ2) is 5.77. The molecule has 23 heavy (non-hydrogen) atoms. The number of aryl methyl sites for hydroxylation is 2. The Kier molecular flexibility index (Phi) is 3.93. The molecule has 3 rings (SSSR count). The van der Waals surface area contributed by atoms with Gasteiger partial charge in [0.25, 0.3) is 0 Å². The second-order valence-corrected chi connectivity index (χ2v) is 7.62. The van der Waals surface area contributed by atoms with E-state index < -0.39 is 0 Å². The molecule has 0 saturated carbocycles. The maximum absolute atomic E-state index is 4.32. The monoisotopic (exact) mass is 305 g/mol. The lowest BCUT2D eigenvalue weighted by Gasteiger charge is -2.18. The lowest BCUT2D eigenvalue weighted by molar-refractivity contribution is -0.659. The lowest BCUT2D eigenvalue weighted by atomic mass is 9.87. The average Bonchev–Trinajstić information content (AvgIpc) is 2.47. The van der Waals surface area contributed by atoms with Crippen LogP contribution in [0.15, 0.2) is 48.9 Å². The molecule has 2 nitrogen and oxygen atoms in total. The molecule has 0 fully saturated rings. The van der Waals surface area contributed by atoms with E-state index in [1.807, 2.05) is 12.4 Å². The summed E-state index contributed by atoms with van der Waals surface area (Å²) in [5.74, 6) is 0. The van der Waals surface area contributed by atoms with Gasteiger partial charge in [-0.2, -0.15) is 0 Å². The fraction of sp³-hybridized carbons (Fsp3) is 0.333. The van der Waals surface area contributed by atoms with Crippen molar-refractivity contribution in [3.8, 4) is 11.3 Å². The highest BCUT2D eigenvalue weighted by molar-refractivity contribution is 5.93. The highest BCUT2D eigenvalue weighted by atomic mass is 14.9. The van der Waals surface area contributed by atoms with Crippen LogP contribution >= 0.6 is 0 Å². The summed E-state index contributed by atoms with van der Waals surface area (Å²) in [6.45, 7) is 9.00. The van der Waals surface area contributed by atoms with Crippen LogP contribution in [0.25, 0.3) is 22.0 Å². The number of aromatic nitrogens is 2. The van der Waals surface area contributed by atoms with Crippen LogP contribution < -0.4 is 4.57 Å². The fourth-order valence-corrected chi connectivity index (χ4v) is 3.19. The average molecular weight is 305 g/mol. The summed E-state index contributed by atoms with van der Waals surface area (Å²) in [6, 6.07) is 11.1. The third kappa shape index (κ3) is 3.26. The number of fused-ring (bicyclic) bond motifs is 1. The van der Waals surface area contributed by atoms with Gasteiger partial charge in [-0.05, 0) is 47.4 Å². The van der Waals surface area contributed by atoms with Crippen LogP contribution in [0.2, 0.25) is 0 Å². The second-order valence-electron chi connectivity index (χ2n) is 7.62. The van der Waals surface area contributed by atoms with Gasteiger partial charge in [0.2, 0.25) is 5.69 Å². The van der Waals surface area contributed by atoms with Crippen LogP contribution in [0.1, 0.15) is 31.9 Å². The first-order chi connectivity index (χ1) is 10.8. The molecule has 2 heteroatoms. The minimum absolute atomic E-state index is 0.301. The van der Waals surface area contributed by atoms with E-state index in [1.54, 1.807) is 0 Å². The Balaban J connectivity index is 2.19. The number of pyridine rings is 2. The van der Waals surface area contributed by atoms with E-state index in [-0.39, 0.29) is 0 Å². The molecule has 0 spiro atoms. The summed E-state index contributed by atoms with van der Waals surface area (Å²) in [7, 11) is 2.10. The number of hydrogen-bond donors (Lipinski definition) is 0. The van der Waals surface area contributed by atoms with Crippen molar-refractivity contribution in [2.24, 2.45) is 12.5 Å². The molecule has 0 aliphatic heterocycles. The van der Waals surface area contributed by atoms with Crippen molar-refractivity contribution in [3.05, 3.63) is 60.0 Å². The van der Waals surface area contributed by atoms with Crippen molar-refractivity contribution in [2.75, 3.05) is 0 Å². The van der Waals surface area contributed by atoms with Crippen molar-refractivity contribution >= 4 is 10.8 Å². The molecule has 3 aromatic rings. The van der Waals surface area contributed by atoms with E-state index in [0.29, 0.717) is 5.41 Å². The zero-order valence-corrected chi connectivity index (χ0v) is 14.7. The summed E-state index contributed by atoms with van der Waals surface area (Å²) < 4.78 is 2.19. The van der Waals surface area contributed by atoms with Crippen LogP contribution in [0.3, 0.4) is 0 Å². The van der Waals surface area contributed by atoms with Crippen LogP contribution in [0, 0.1) is 12.3 Å². The van der Waals surface area contributed by atoms with Crippen LogP contribution in [0.5, 0.6) is 0 Å². The normalized spacial score (nSPS) is 11.9. The number of rotatable bonds is 2. The topological polar surface area (TPSA) is 16.8 Å². The molecule has 2 heterocycles. The predicted octanol–water partition coefficient (Wildman–Crippen LogP) is 4.62. The summed E-state index contributed by atoms with van der Waals surface area (Å²) in [5, 5.41) is 2.58. The molecular formula is C21H25N2+. The van der Waals surface area contributed by atoms with E-state index in [4.69, 9.17) is 0 Å². The van der Waals surface area contributed by atoms with Crippen molar-refractivity contribution in [1.29, 1.82) is 0 Å². The van der Waals surface area contributed by atoms with Gasteiger partial charge < -0.3 is 0 Å². The van der Waals surface area contributed by atoms with Gasteiger partial charge in [-0.3, -0.25) is 4.98 Å². The van der Waals surface area contributed by atoms with Gasteiger partial charge in [-0.1, -0.05) is 32.9 Å². The molecule has 0 N–H and O–H groups in total. The first kappa shape index (κ1) is 15.7. The Labute approximate surface area is 138 Å². The zero-order chi connectivity index (χ0) is 16.6. The molecule has 2 aromatic heterocycles. The quantitative estimate of drug-likeness (QED) is 0.631. The molecule has 0 atom stereocenters. The first-order valence-electron chi connectivity index (χ1n) is 8.17. The van der Waals surface area contributed by atoms with E-state index in [0.717, 1.165) is 6.42 Å². The Hall–Kier alpha value is -2.22. The summed E-state index contributed by atoms with van der Waals surface area (Å²) in [4.78, 5) is 4.32. The molecule has 0 aliphatic rings. The molecule has 0 aliphatic carbocycles. The predicted molar refractivity (Wildman–Crippen MR) is 96.3 cm³/mol. The van der Waals surface area contributed by atoms with Gasteiger partial charge >= 0.3 is 0 Å². The van der Waals surface area contributed by atoms with Gasteiger partial charge in [0, 0.05) is 18.5 Å². The van der Waals surface area contributed by atoms with Crippen molar-refractivity contribution in [1.82, 2.24) is 4.98 Å². The van der Waals surface area contributed by atoms with E-state index in [1.165, 1.54) is 33.2 Å². The lowest BCUT2D eigenvalue weighted by Crippen LogP contribution is -2.30. The highest BCUT2D eigenvalue weighted by Gasteiger charge is 2.18. The first-order valence-corrected chi connectivity index (χ1v) is 8.17. The fourth-order valence-electron chi connectivity index (χ4n) is 3.19. The standard InChI is InChI=1S/C21H25N2/c1-15-8-10-22-14-19(15)20-18-7-6-16(13-21(2,3)4)12-17(18)9-11-23(20)5/h6-12,14H,13H2,1-5H3/q+1. The number of nitrogens with zero attached hydrogens (tertiary/aromatic N) is 2. The molecule has 0 unspecified atom stereocenters. The molecule has 0 bridgehead atoms. The largest absolute Gasteiger partial charge is 0.264 e. The molecule has 0 amide bonds. The summed E-state index contributed by atoms with van der Waals surface area (Å²) >= 11 is 0. The number of hydrogen-bond acceptors (Lipinski definition) is 1.